The topological polar surface area (TPSA) is 41.3 Å². The van der Waals surface area contributed by atoms with Crippen LogP contribution in [-0.2, 0) is 0 Å². The Hall–Kier alpha value is -2.52. The molecule has 0 unspecified atom stereocenters. The van der Waals surface area contributed by atoms with Crippen molar-refractivity contribution in [1.29, 1.82) is 0 Å². The number of aromatic nitrogens is 1. The smallest absolute Gasteiger partial charge is 0.208 e. The highest BCUT2D eigenvalue weighted by molar-refractivity contribution is 6.31. The van der Waals surface area contributed by atoms with E-state index in [-0.39, 0.29) is 0 Å². The minimum Gasteiger partial charge on any atom is -0.440 e. The van der Waals surface area contributed by atoms with E-state index in [1.54, 1.807) is 6.08 Å². The summed E-state index contributed by atoms with van der Waals surface area (Å²) < 4.78 is 6.01. The number of rotatable bonds is 2. The maximum absolute atomic E-state index is 6.16. The summed E-state index contributed by atoms with van der Waals surface area (Å²) in [5.74, 6) is 0. The molecule has 2 aromatic carbocycles. The van der Waals surface area contributed by atoms with Crippen LogP contribution in [0.1, 0.15) is 0 Å². The average molecular weight is 309 g/mol. The Kier molecular flexibility index (Phi) is 3.01. The van der Waals surface area contributed by atoms with E-state index < -0.39 is 0 Å². The third kappa shape index (κ3) is 1.94. The summed E-state index contributed by atoms with van der Waals surface area (Å²) in [4.78, 5) is 8.00. The molecule has 1 N–H and O–H groups in total. The van der Waals surface area contributed by atoms with E-state index in [1.165, 1.54) is 0 Å². The van der Waals surface area contributed by atoms with Crippen molar-refractivity contribution < 1.29 is 4.42 Å². The first-order chi connectivity index (χ1) is 10.8. The van der Waals surface area contributed by atoms with Gasteiger partial charge in [-0.05, 0) is 24.3 Å². The third-order valence-electron chi connectivity index (χ3n) is 3.70. The van der Waals surface area contributed by atoms with E-state index in [9.17, 15) is 0 Å². The van der Waals surface area contributed by atoms with Gasteiger partial charge in [0.25, 0.3) is 0 Å². The van der Waals surface area contributed by atoms with Gasteiger partial charge in [-0.3, -0.25) is 4.99 Å². The number of para-hydroxylation sites is 1. The molecular weight excluding hydrogens is 296 g/mol. The van der Waals surface area contributed by atoms with Gasteiger partial charge in [0.05, 0.1) is 17.3 Å². The van der Waals surface area contributed by atoms with Crippen LogP contribution in [0.15, 0.2) is 64.5 Å². The predicted molar refractivity (Wildman–Crippen MR) is 91.2 cm³/mol. The van der Waals surface area contributed by atoms with Crippen molar-refractivity contribution in [3.05, 3.63) is 65.5 Å². The first-order valence-corrected chi connectivity index (χ1v) is 7.40. The molecule has 0 amide bonds. The molecule has 0 aliphatic carbocycles. The van der Waals surface area contributed by atoms with Crippen LogP contribution in [0, 0.1) is 0 Å². The minimum absolute atomic E-state index is 0.542. The van der Waals surface area contributed by atoms with Gasteiger partial charge in [0.15, 0.2) is 0 Å². The molecule has 0 saturated carbocycles. The molecule has 108 valence electrons. The molecule has 3 nitrogen and oxygen atoms in total. The van der Waals surface area contributed by atoms with Crippen molar-refractivity contribution in [2.75, 3.05) is 6.54 Å². The summed E-state index contributed by atoms with van der Waals surface area (Å²) in [7, 11) is 0. The summed E-state index contributed by atoms with van der Waals surface area (Å²) in [5, 5.41) is 4.53. The summed E-state index contributed by atoms with van der Waals surface area (Å²) in [6.45, 7) is 4.29. The van der Waals surface area contributed by atoms with E-state index in [0.29, 0.717) is 11.6 Å². The van der Waals surface area contributed by atoms with Crippen LogP contribution in [0.3, 0.4) is 0 Å². The van der Waals surface area contributed by atoms with Crippen LogP contribution >= 0.6 is 11.6 Å². The lowest BCUT2D eigenvalue weighted by Gasteiger charge is -2.01. The molecule has 22 heavy (non-hydrogen) atoms. The fraction of sp³-hybridized carbons (Fsp3) is 0.0556. The lowest BCUT2D eigenvalue weighted by Crippen LogP contribution is -2.05. The van der Waals surface area contributed by atoms with Gasteiger partial charge >= 0.3 is 0 Å². The zero-order valence-electron chi connectivity index (χ0n) is 11.8. The molecule has 0 radical (unpaired) electrons. The monoisotopic (exact) mass is 308 g/mol. The van der Waals surface area contributed by atoms with Crippen molar-refractivity contribution in [2.24, 2.45) is 4.99 Å². The molecule has 0 fully saturated rings. The fourth-order valence-electron chi connectivity index (χ4n) is 2.77. The number of fused-ring (bicyclic) bond motifs is 4. The summed E-state index contributed by atoms with van der Waals surface area (Å²) in [6, 6.07) is 13.7. The molecule has 0 spiro atoms. The Morgan fingerprint density at radius 3 is 2.91 bits per heavy atom. The second-order valence-corrected chi connectivity index (χ2v) is 5.53. The van der Waals surface area contributed by atoms with Crippen LogP contribution < -0.4 is 5.36 Å². The largest absolute Gasteiger partial charge is 0.440 e. The fourth-order valence-corrected chi connectivity index (χ4v) is 2.94. The molecule has 0 saturated heterocycles. The zero-order chi connectivity index (χ0) is 15.1. The van der Waals surface area contributed by atoms with Crippen LogP contribution in [0.25, 0.3) is 33.0 Å². The zero-order valence-corrected chi connectivity index (χ0v) is 12.5. The second kappa shape index (κ2) is 5.04. The number of hydrogen-bond acceptors (Lipinski definition) is 2. The first-order valence-electron chi connectivity index (χ1n) is 7.02. The highest BCUT2D eigenvalue weighted by atomic mass is 35.5. The van der Waals surface area contributed by atoms with Gasteiger partial charge in [-0.15, -0.1) is 6.58 Å². The van der Waals surface area contributed by atoms with Crippen LogP contribution in [0.5, 0.6) is 0 Å². The first kappa shape index (κ1) is 13.2. The SMILES string of the molecule is C=CCN=c1c2cc(Cl)ccc2oc2[nH]c3ccccc3c12. The highest BCUT2D eigenvalue weighted by Gasteiger charge is 2.12. The summed E-state index contributed by atoms with van der Waals surface area (Å²) in [6.07, 6.45) is 1.78. The standard InChI is InChI=1S/C18H13ClN2O/c1-2-9-20-17-13-10-11(19)7-8-15(13)22-18-16(17)12-5-3-4-6-14(12)21-18/h2-8,10,21H,1,9H2. The second-order valence-electron chi connectivity index (χ2n) is 5.10. The van der Waals surface area contributed by atoms with Crippen molar-refractivity contribution in [3.8, 4) is 0 Å². The molecule has 0 aliphatic heterocycles. The van der Waals surface area contributed by atoms with Crippen LogP contribution in [-0.4, -0.2) is 11.5 Å². The van der Waals surface area contributed by atoms with E-state index in [2.05, 4.69) is 22.6 Å². The van der Waals surface area contributed by atoms with E-state index in [0.717, 1.165) is 38.3 Å². The number of halogens is 1. The van der Waals surface area contributed by atoms with Gasteiger partial charge in [-0.1, -0.05) is 35.9 Å². The lowest BCUT2D eigenvalue weighted by molar-refractivity contribution is 0.648. The van der Waals surface area contributed by atoms with E-state index >= 15 is 0 Å². The lowest BCUT2D eigenvalue weighted by atomic mass is 10.1. The van der Waals surface area contributed by atoms with Gasteiger partial charge < -0.3 is 9.40 Å². The molecule has 4 rings (SSSR count). The molecule has 0 bridgehead atoms. The number of nitrogens with zero attached hydrogens (tertiary/aromatic N) is 1. The Morgan fingerprint density at radius 2 is 2.05 bits per heavy atom. The van der Waals surface area contributed by atoms with Crippen molar-refractivity contribution in [3.63, 3.8) is 0 Å². The molecule has 2 heterocycles. The number of benzene rings is 2. The molecule has 4 heteroatoms. The number of aromatic amines is 1. The predicted octanol–water partition coefficient (Wildman–Crippen LogP) is 4.81. The van der Waals surface area contributed by atoms with Gasteiger partial charge in [0, 0.05) is 21.3 Å². The molecule has 4 aromatic rings. The van der Waals surface area contributed by atoms with Gasteiger partial charge in [-0.25, -0.2) is 0 Å². The van der Waals surface area contributed by atoms with E-state index in [1.807, 2.05) is 36.4 Å². The van der Waals surface area contributed by atoms with E-state index in [4.69, 9.17) is 16.0 Å². The average Bonchev–Trinajstić information content (AvgIpc) is 2.90. The molecule has 0 aliphatic rings. The van der Waals surface area contributed by atoms with Gasteiger partial charge in [0.1, 0.15) is 5.58 Å². The normalized spacial score (nSPS) is 12.5. The minimum atomic E-state index is 0.542. The quantitative estimate of drug-likeness (QED) is 0.531. The highest BCUT2D eigenvalue weighted by Crippen LogP contribution is 2.27. The maximum atomic E-state index is 6.16. The summed E-state index contributed by atoms with van der Waals surface area (Å²) in [5.41, 5.74) is 2.50. The van der Waals surface area contributed by atoms with Crippen molar-refractivity contribution in [1.82, 2.24) is 4.98 Å². The van der Waals surface area contributed by atoms with Crippen LogP contribution in [0.4, 0.5) is 0 Å². The van der Waals surface area contributed by atoms with Gasteiger partial charge in [0.2, 0.25) is 5.71 Å². The number of hydrogen-bond donors (Lipinski definition) is 1. The molecule has 2 aromatic heterocycles. The Balaban J connectivity index is 2.30. The Labute approximate surface area is 131 Å². The van der Waals surface area contributed by atoms with Crippen molar-refractivity contribution in [2.45, 2.75) is 0 Å². The Bertz CT molecular complexity index is 1090. The molecule has 0 atom stereocenters. The summed E-state index contributed by atoms with van der Waals surface area (Å²) >= 11 is 6.16. The van der Waals surface area contributed by atoms with Crippen LogP contribution in [0.2, 0.25) is 5.02 Å². The Morgan fingerprint density at radius 1 is 1.18 bits per heavy atom. The third-order valence-corrected chi connectivity index (χ3v) is 3.93. The van der Waals surface area contributed by atoms with Crippen molar-refractivity contribution >= 4 is 44.6 Å². The van der Waals surface area contributed by atoms with Gasteiger partial charge in [-0.2, -0.15) is 0 Å². The number of nitrogens with one attached hydrogen (secondary N) is 1. The number of H-pyrrole nitrogens is 1. The molecular formula is C18H13ClN2O. The maximum Gasteiger partial charge on any atom is 0.208 e.